The van der Waals surface area contributed by atoms with E-state index in [1.54, 1.807) is 25.8 Å². The summed E-state index contributed by atoms with van der Waals surface area (Å²) < 4.78 is 9.36. The van der Waals surface area contributed by atoms with Crippen LogP contribution in [0, 0.1) is 6.92 Å². The Morgan fingerprint density at radius 2 is 2.03 bits per heavy atom. The first-order valence-corrected chi connectivity index (χ1v) is 11.6. The molecular formula is C25H26N8O2. The van der Waals surface area contributed by atoms with Gasteiger partial charge in [-0.25, -0.2) is 14.6 Å². The Morgan fingerprint density at radius 1 is 1.14 bits per heavy atom. The minimum absolute atomic E-state index is 0.371. The van der Waals surface area contributed by atoms with Crippen LogP contribution in [0.4, 0.5) is 5.82 Å². The minimum atomic E-state index is -0.371. The fraction of sp³-hybridized carbons (Fsp3) is 0.320. The first-order valence-electron chi connectivity index (χ1n) is 11.6. The van der Waals surface area contributed by atoms with Crippen molar-refractivity contribution in [1.82, 2.24) is 34.3 Å². The van der Waals surface area contributed by atoms with Crippen LogP contribution in [-0.2, 0) is 7.05 Å². The lowest BCUT2D eigenvalue weighted by atomic mass is 10.1. The van der Waals surface area contributed by atoms with Crippen molar-refractivity contribution in [3.05, 3.63) is 48.8 Å². The molecule has 0 aromatic carbocycles. The molecule has 0 bridgehead atoms. The number of anilines is 1. The quantitative estimate of drug-likeness (QED) is 0.427. The summed E-state index contributed by atoms with van der Waals surface area (Å²) >= 11 is 0. The van der Waals surface area contributed by atoms with Crippen LogP contribution < -0.4 is 9.64 Å². The Labute approximate surface area is 201 Å². The third kappa shape index (κ3) is 3.57. The van der Waals surface area contributed by atoms with Gasteiger partial charge in [-0.3, -0.25) is 9.97 Å². The van der Waals surface area contributed by atoms with E-state index in [1.807, 2.05) is 47.6 Å². The molecule has 0 radical (unpaired) electrons. The van der Waals surface area contributed by atoms with E-state index in [0.717, 1.165) is 64.1 Å². The average molecular weight is 471 g/mol. The Hall–Kier alpha value is -4.05. The van der Waals surface area contributed by atoms with Gasteiger partial charge in [-0.1, -0.05) is 0 Å². The Balaban J connectivity index is 1.55. The normalized spacial score (nSPS) is 16.3. The van der Waals surface area contributed by atoms with Crippen molar-refractivity contribution in [2.45, 2.75) is 25.9 Å². The second kappa shape index (κ2) is 8.31. The molecule has 10 heteroatoms. The molecule has 0 aliphatic carbocycles. The van der Waals surface area contributed by atoms with Gasteiger partial charge >= 0.3 is 0 Å². The van der Waals surface area contributed by atoms with Gasteiger partial charge in [0.1, 0.15) is 11.3 Å². The highest BCUT2D eigenvalue weighted by Gasteiger charge is 2.24. The molecule has 0 spiro atoms. The lowest BCUT2D eigenvalue weighted by molar-refractivity contribution is 0.154. The number of piperidine rings is 1. The molecule has 35 heavy (non-hydrogen) atoms. The predicted molar refractivity (Wildman–Crippen MR) is 133 cm³/mol. The number of hydrogen-bond acceptors (Lipinski definition) is 8. The van der Waals surface area contributed by atoms with Crippen LogP contribution in [0.25, 0.3) is 39.0 Å². The number of aryl methyl sites for hydroxylation is 2. The molecule has 1 aliphatic heterocycles. The highest BCUT2D eigenvalue weighted by atomic mass is 16.5. The largest absolute Gasteiger partial charge is 0.496 e. The van der Waals surface area contributed by atoms with Gasteiger partial charge in [0, 0.05) is 49.7 Å². The molecule has 1 fully saturated rings. The molecule has 6 rings (SSSR count). The smallest absolute Gasteiger partial charge is 0.159 e. The fourth-order valence-electron chi connectivity index (χ4n) is 4.83. The van der Waals surface area contributed by atoms with E-state index in [2.05, 4.69) is 14.9 Å². The van der Waals surface area contributed by atoms with Crippen molar-refractivity contribution in [2.75, 3.05) is 25.1 Å². The van der Waals surface area contributed by atoms with Gasteiger partial charge in [0.25, 0.3) is 0 Å². The molecule has 178 valence electrons. The second-order valence-corrected chi connectivity index (χ2v) is 8.93. The Kier molecular flexibility index (Phi) is 5.10. The van der Waals surface area contributed by atoms with E-state index in [9.17, 15) is 5.11 Å². The number of aromatic nitrogens is 7. The second-order valence-electron chi connectivity index (χ2n) is 8.93. The van der Waals surface area contributed by atoms with Gasteiger partial charge in [-0.15, -0.1) is 0 Å². The van der Waals surface area contributed by atoms with Crippen LogP contribution in [0.15, 0.2) is 43.1 Å². The maximum atomic E-state index is 10.3. The van der Waals surface area contributed by atoms with Crippen molar-refractivity contribution >= 4 is 27.8 Å². The molecule has 5 aromatic heterocycles. The van der Waals surface area contributed by atoms with Crippen LogP contribution >= 0.6 is 0 Å². The van der Waals surface area contributed by atoms with E-state index >= 15 is 0 Å². The zero-order chi connectivity index (χ0) is 24.1. The van der Waals surface area contributed by atoms with Crippen molar-refractivity contribution < 1.29 is 9.84 Å². The van der Waals surface area contributed by atoms with Gasteiger partial charge in [0.15, 0.2) is 11.6 Å². The number of hydrogen-bond donors (Lipinski definition) is 1. The zero-order valence-corrected chi connectivity index (χ0v) is 19.9. The third-order valence-corrected chi connectivity index (χ3v) is 6.63. The highest BCUT2D eigenvalue weighted by Crippen LogP contribution is 2.33. The van der Waals surface area contributed by atoms with Crippen LogP contribution in [-0.4, -0.2) is 65.7 Å². The molecule has 5 aromatic rings. The van der Waals surface area contributed by atoms with Crippen molar-refractivity contribution in [3.63, 3.8) is 0 Å². The summed E-state index contributed by atoms with van der Waals surface area (Å²) in [7, 11) is 3.61. The van der Waals surface area contributed by atoms with Gasteiger partial charge in [-0.05, 0) is 31.9 Å². The Morgan fingerprint density at radius 3 is 2.86 bits per heavy atom. The van der Waals surface area contributed by atoms with E-state index in [1.165, 1.54) is 0 Å². The third-order valence-electron chi connectivity index (χ3n) is 6.63. The summed E-state index contributed by atoms with van der Waals surface area (Å²) in [6, 6.07) is 5.82. The molecule has 0 unspecified atom stereocenters. The van der Waals surface area contributed by atoms with Crippen LogP contribution in [0.3, 0.4) is 0 Å². The van der Waals surface area contributed by atoms with Crippen molar-refractivity contribution in [3.8, 4) is 22.8 Å². The van der Waals surface area contributed by atoms with Crippen molar-refractivity contribution in [1.29, 1.82) is 0 Å². The highest BCUT2D eigenvalue weighted by molar-refractivity contribution is 5.90. The summed E-state index contributed by atoms with van der Waals surface area (Å²) in [6.07, 6.45) is 8.41. The standard InChI is InChI=1S/C25H26N8O2/c1-15-17-12-28-33(20(17)9-19(29-15)18-11-26-7-6-22(18)35-3)23-10-21-24(27-14-31(21)2)25(30-23)32-8-4-5-16(34)13-32/h6-7,9-12,14,16,34H,4-5,8,13H2,1-3H3/t16-/m0/s1. The summed E-state index contributed by atoms with van der Waals surface area (Å²) in [5, 5.41) is 15.9. The SMILES string of the molecule is COc1ccncc1-c1cc2c(cnn2-c2cc3c(ncn3C)c(N3CCC[C@H](O)C3)n2)c(C)n1. The topological polar surface area (TPSA) is 107 Å². The molecule has 1 atom stereocenters. The first-order chi connectivity index (χ1) is 17.0. The maximum absolute atomic E-state index is 10.3. The van der Waals surface area contributed by atoms with Gasteiger partial charge in [0.2, 0.25) is 0 Å². The molecular weight excluding hydrogens is 444 g/mol. The summed E-state index contributed by atoms with van der Waals surface area (Å²) in [6.45, 7) is 3.34. The maximum Gasteiger partial charge on any atom is 0.159 e. The van der Waals surface area contributed by atoms with E-state index in [-0.39, 0.29) is 6.10 Å². The molecule has 0 amide bonds. The number of aliphatic hydroxyl groups is 1. The number of methoxy groups -OCH3 is 1. The molecule has 10 nitrogen and oxygen atoms in total. The summed E-state index contributed by atoms with van der Waals surface area (Å²) in [5.74, 6) is 2.15. The van der Waals surface area contributed by atoms with Gasteiger partial charge in [0.05, 0.1) is 48.0 Å². The molecule has 1 aliphatic rings. The minimum Gasteiger partial charge on any atom is -0.496 e. The van der Waals surface area contributed by atoms with E-state index in [4.69, 9.17) is 19.8 Å². The monoisotopic (exact) mass is 470 g/mol. The zero-order valence-electron chi connectivity index (χ0n) is 19.9. The number of rotatable bonds is 4. The molecule has 1 saturated heterocycles. The number of pyridine rings is 3. The number of nitrogens with zero attached hydrogens (tertiary/aromatic N) is 8. The van der Waals surface area contributed by atoms with E-state index in [0.29, 0.717) is 18.1 Å². The number of ether oxygens (including phenoxy) is 1. The number of fused-ring (bicyclic) bond motifs is 2. The van der Waals surface area contributed by atoms with Crippen LogP contribution in [0.5, 0.6) is 5.75 Å². The Bertz CT molecular complexity index is 1560. The summed E-state index contributed by atoms with van der Waals surface area (Å²) in [4.78, 5) is 20.8. The average Bonchev–Trinajstić information content (AvgIpc) is 3.47. The van der Waals surface area contributed by atoms with E-state index < -0.39 is 0 Å². The van der Waals surface area contributed by atoms with Crippen LogP contribution in [0.2, 0.25) is 0 Å². The summed E-state index contributed by atoms with van der Waals surface area (Å²) in [5.41, 5.74) is 5.08. The molecule has 0 saturated carbocycles. The number of imidazole rings is 1. The number of aliphatic hydroxyl groups excluding tert-OH is 1. The number of β-amino-alcohol motifs (C(OH)–C–C–N with tert-alkyl or cyclic N) is 1. The molecule has 1 N–H and O–H groups in total. The lowest BCUT2D eigenvalue weighted by Crippen LogP contribution is -2.39. The van der Waals surface area contributed by atoms with Gasteiger partial charge in [-0.2, -0.15) is 5.10 Å². The van der Waals surface area contributed by atoms with Crippen molar-refractivity contribution in [2.24, 2.45) is 7.05 Å². The predicted octanol–water partition coefficient (Wildman–Crippen LogP) is 3.04. The molecule has 6 heterocycles. The lowest BCUT2D eigenvalue weighted by Gasteiger charge is -2.31. The fourth-order valence-corrected chi connectivity index (χ4v) is 4.83. The first kappa shape index (κ1) is 21.5. The van der Waals surface area contributed by atoms with Crippen LogP contribution in [0.1, 0.15) is 18.5 Å². The van der Waals surface area contributed by atoms with Gasteiger partial charge < -0.3 is 19.3 Å².